The first-order chi connectivity index (χ1) is 5.16. The molecule has 0 bridgehead atoms. The van der Waals surface area contributed by atoms with Crippen LogP contribution in [-0.2, 0) is 13.6 Å². The Morgan fingerprint density at radius 2 is 2.27 bits per heavy atom. The third-order valence-corrected chi connectivity index (χ3v) is 1.90. The van der Waals surface area contributed by atoms with Gasteiger partial charge in [0.05, 0.1) is 6.10 Å². The fourth-order valence-electron chi connectivity index (χ4n) is 1.20. The molecule has 0 radical (unpaired) electrons. The quantitative estimate of drug-likeness (QED) is 0.653. The van der Waals surface area contributed by atoms with Gasteiger partial charge in [0.2, 0.25) is 0 Å². The highest BCUT2D eigenvalue weighted by molar-refractivity contribution is 5.17. The molecule has 3 N–H and O–H groups in total. The van der Waals surface area contributed by atoms with Gasteiger partial charge in [0, 0.05) is 25.0 Å². The lowest BCUT2D eigenvalue weighted by Crippen LogP contribution is -2.07. The molecule has 1 aromatic heterocycles. The van der Waals surface area contributed by atoms with Crippen LogP contribution in [0.3, 0.4) is 0 Å². The Balaban J connectivity index is 3.00. The van der Waals surface area contributed by atoms with Gasteiger partial charge >= 0.3 is 0 Å². The summed E-state index contributed by atoms with van der Waals surface area (Å²) in [5.74, 6) is 0. The van der Waals surface area contributed by atoms with Gasteiger partial charge in [0.15, 0.2) is 0 Å². The maximum Gasteiger partial charge on any atom is 0.0911 e. The number of hydrogen-bond donors (Lipinski definition) is 2. The Morgan fingerprint density at radius 1 is 1.64 bits per heavy atom. The molecule has 0 saturated carbocycles. The molecule has 0 aliphatic rings. The number of aliphatic hydroxyl groups excluding tert-OH is 1. The molecule has 11 heavy (non-hydrogen) atoms. The van der Waals surface area contributed by atoms with Gasteiger partial charge in [-0.1, -0.05) is 0 Å². The molecule has 3 nitrogen and oxygen atoms in total. The predicted octanol–water partition coefficient (Wildman–Crippen LogP) is 0.537. The minimum absolute atomic E-state index is 0.416. The van der Waals surface area contributed by atoms with E-state index in [1.807, 2.05) is 23.7 Å². The maximum atomic E-state index is 9.25. The van der Waals surface area contributed by atoms with Crippen molar-refractivity contribution in [2.24, 2.45) is 12.8 Å². The van der Waals surface area contributed by atoms with E-state index in [9.17, 15) is 5.11 Å². The molecule has 1 aromatic rings. The molecular weight excluding hydrogens is 140 g/mol. The average Bonchev–Trinajstić information content (AvgIpc) is 2.30. The molecule has 0 aliphatic carbocycles. The fourth-order valence-corrected chi connectivity index (χ4v) is 1.20. The summed E-state index contributed by atoms with van der Waals surface area (Å²) in [5.41, 5.74) is 7.41. The van der Waals surface area contributed by atoms with Crippen molar-refractivity contribution in [2.45, 2.75) is 19.6 Å². The van der Waals surface area contributed by atoms with Crippen molar-refractivity contribution in [1.82, 2.24) is 4.57 Å². The van der Waals surface area contributed by atoms with Crippen LogP contribution in [0.4, 0.5) is 0 Å². The highest BCUT2D eigenvalue weighted by atomic mass is 16.3. The maximum absolute atomic E-state index is 9.25. The summed E-state index contributed by atoms with van der Waals surface area (Å²) in [7, 11) is 1.91. The van der Waals surface area contributed by atoms with E-state index in [4.69, 9.17) is 5.73 Å². The molecule has 3 heteroatoms. The van der Waals surface area contributed by atoms with Crippen LogP contribution in [0, 0.1) is 0 Å². The molecule has 62 valence electrons. The van der Waals surface area contributed by atoms with Crippen LogP contribution >= 0.6 is 0 Å². The Labute approximate surface area is 66.4 Å². The number of nitrogens with zero attached hydrogens (tertiary/aromatic N) is 1. The molecule has 0 aromatic carbocycles. The second-order valence-electron chi connectivity index (χ2n) is 2.69. The first-order valence-corrected chi connectivity index (χ1v) is 3.69. The summed E-state index contributed by atoms with van der Waals surface area (Å²) >= 11 is 0. The van der Waals surface area contributed by atoms with Crippen LogP contribution in [0.1, 0.15) is 24.4 Å². The van der Waals surface area contributed by atoms with Crippen LogP contribution in [-0.4, -0.2) is 9.67 Å². The van der Waals surface area contributed by atoms with Gasteiger partial charge < -0.3 is 15.4 Å². The molecule has 1 unspecified atom stereocenters. The third kappa shape index (κ3) is 1.44. The van der Waals surface area contributed by atoms with Crippen LogP contribution in [0.15, 0.2) is 12.1 Å². The molecule has 1 rings (SSSR count). The summed E-state index contributed by atoms with van der Waals surface area (Å²) < 4.78 is 1.92. The fraction of sp³-hybridized carbons (Fsp3) is 0.500. The Morgan fingerprint density at radius 3 is 2.55 bits per heavy atom. The van der Waals surface area contributed by atoms with Crippen molar-refractivity contribution in [2.75, 3.05) is 0 Å². The molecule has 1 atom stereocenters. The molecular formula is C8H14N2O. The lowest BCUT2D eigenvalue weighted by Gasteiger charge is -2.07. The highest BCUT2D eigenvalue weighted by Crippen LogP contribution is 2.14. The van der Waals surface area contributed by atoms with Crippen molar-refractivity contribution in [1.29, 1.82) is 0 Å². The number of rotatable bonds is 2. The number of aromatic nitrogens is 1. The second-order valence-corrected chi connectivity index (χ2v) is 2.69. The zero-order chi connectivity index (χ0) is 8.43. The summed E-state index contributed by atoms with van der Waals surface area (Å²) in [6.07, 6.45) is -0.416. The van der Waals surface area contributed by atoms with Gasteiger partial charge in [-0.3, -0.25) is 0 Å². The van der Waals surface area contributed by atoms with Crippen LogP contribution in [0.25, 0.3) is 0 Å². The summed E-state index contributed by atoms with van der Waals surface area (Å²) in [4.78, 5) is 0. The topological polar surface area (TPSA) is 51.2 Å². The Hall–Kier alpha value is -0.800. The lowest BCUT2D eigenvalue weighted by atomic mass is 10.3. The van der Waals surface area contributed by atoms with E-state index < -0.39 is 6.10 Å². The van der Waals surface area contributed by atoms with E-state index in [-0.39, 0.29) is 0 Å². The largest absolute Gasteiger partial charge is 0.387 e. The lowest BCUT2D eigenvalue weighted by molar-refractivity contribution is 0.190. The molecule has 0 fully saturated rings. The van der Waals surface area contributed by atoms with Crippen LogP contribution < -0.4 is 5.73 Å². The normalized spacial score (nSPS) is 13.5. The van der Waals surface area contributed by atoms with Gasteiger partial charge in [-0.25, -0.2) is 0 Å². The van der Waals surface area contributed by atoms with Crippen molar-refractivity contribution in [3.05, 3.63) is 23.5 Å². The summed E-state index contributed by atoms with van der Waals surface area (Å²) in [6, 6.07) is 3.83. The van der Waals surface area contributed by atoms with Gasteiger partial charge in [-0.15, -0.1) is 0 Å². The van der Waals surface area contributed by atoms with E-state index in [0.717, 1.165) is 11.4 Å². The zero-order valence-electron chi connectivity index (χ0n) is 6.91. The van der Waals surface area contributed by atoms with Crippen LogP contribution in [0.2, 0.25) is 0 Å². The van der Waals surface area contributed by atoms with E-state index in [2.05, 4.69) is 0 Å². The smallest absolute Gasteiger partial charge is 0.0911 e. The van der Waals surface area contributed by atoms with Gasteiger partial charge in [-0.2, -0.15) is 0 Å². The first-order valence-electron chi connectivity index (χ1n) is 3.69. The molecule has 1 heterocycles. The van der Waals surface area contributed by atoms with Gasteiger partial charge in [-0.05, 0) is 19.1 Å². The number of nitrogens with two attached hydrogens (primary N) is 1. The van der Waals surface area contributed by atoms with Gasteiger partial charge in [0.1, 0.15) is 0 Å². The highest BCUT2D eigenvalue weighted by Gasteiger charge is 2.06. The Kier molecular flexibility index (Phi) is 2.31. The minimum atomic E-state index is -0.416. The second kappa shape index (κ2) is 3.07. The molecule has 0 aliphatic heterocycles. The molecule has 0 amide bonds. The van der Waals surface area contributed by atoms with Crippen molar-refractivity contribution < 1.29 is 5.11 Å². The first kappa shape index (κ1) is 8.30. The minimum Gasteiger partial charge on any atom is -0.387 e. The van der Waals surface area contributed by atoms with E-state index in [1.165, 1.54) is 0 Å². The number of aliphatic hydroxyl groups is 1. The number of hydrogen-bond acceptors (Lipinski definition) is 2. The standard InChI is InChI=1S/C8H14N2O/c1-6(11)8-4-3-7(5-9)10(8)2/h3-4,6,11H,5,9H2,1-2H3. The van der Waals surface area contributed by atoms with Gasteiger partial charge in [0.25, 0.3) is 0 Å². The third-order valence-electron chi connectivity index (χ3n) is 1.90. The zero-order valence-corrected chi connectivity index (χ0v) is 6.91. The van der Waals surface area contributed by atoms with Crippen molar-refractivity contribution in [3.8, 4) is 0 Å². The van der Waals surface area contributed by atoms with E-state index in [1.54, 1.807) is 6.92 Å². The summed E-state index contributed by atoms with van der Waals surface area (Å²) in [6.45, 7) is 2.26. The molecule has 0 spiro atoms. The molecule has 0 saturated heterocycles. The average molecular weight is 154 g/mol. The van der Waals surface area contributed by atoms with Crippen molar-refractivity contribution >= 4 is 0 Å². The monoisotopic (exact) mass is 154 g/mol. The Bertz CT molecular complexity index is 240. The van der Waals surface area contributed by atoms with Crippen LogP contribution in [0.5, 0.6) is 0 Å². The van der Waals surface area contributed by atoms with E-state index in [0.29, 0.717) is 6.54 Å². The SMILES string of the molecule is CC(O)c1ccc(CN)n1C. The van der Waals surface area contributed by atoms with E-state index >= 15 is 0 Å². The van der Waals surface area contributed by atoms with Crippen molar-refractivity contribution in [3.63, 3.8) is 0 Å². The predicted molar refractivity (Wildman–Crippen MR) is 43.9 cm³/mol. The summed E-state index contributed by atoms with van der Waals surface area (Å²) in [5, 5.41) is 9.25.